The summed E-state index contributed by atoms with van der Waals surface area (Å²) in [6.45, 7) is 0. The molecule has 21 heavy (non-hydrogen) atoms. The number of benzene rings is 2. The van der Waals surface area contributed by atoms with E-state index in [0.717, 1.165) is 0 Å². The highest BCUT2D eigenvalue weighted by atomic mass is 19.1. The first kappa shape index (κ1) is 13.2. The highest BCUT2D eigenvalue weighted by Gasteiger charge is 2.12. The molecule has 106 valence electrons. The van der Waals surface area contributed by atoms with Gasteiger partial charge in [-0.1, -0.05) is 6.07 Å². The summed E-state index contributed by atoms with van der Waals surface area (Å²) in [6.07, 6.45) is 1.61. The monoisotopic (exact) mass is 283 g/mol. The van der Waals surface area contributed by atoms with E-state index in [2.05, 4.69) is 10.3 Å². The minimum absolute atomic E-state index is 0.299. The number of anilines is 3. The number of pyridine rings is 1. The maximum absolute atomic E-state index is 14.2. The van der Waals surface area contributed by atoms with Crippen molar-refractivity contribution in [3.05, 3.63) is 54.5 Å². The van der Waals surface area contributed by atoms with Crippen LogP contribution in [-0.4, -0.2) is 12.1 Å². The Labute approximate surface area is 121 Å². The fraction of sp³-hybridized carbons (Fsp3) is 0.0625. The molecule has 4 nitrogen and oxygen atoms in total. The van der Waals surface area contributed by atoms with E-state index >= 15 is 0 Å². The summed E-state index contributed by atoms with van der Waals surface area (Å²) < 4.78 is 19.4. The third kappa shape index (κ3) is 2.45. The van der Waals surface area contributed by atoms with Crippen LogP contribution in [0.5, 0.6) is 5.75 Å². The number of ether oxygens (including phenoxy) is 1. The molecular formula is C16H14FN3O. The van der Waals surface area contributed by atoms with E-state index in [1.165, 1.54) is 6.07 Å². The smallest absolute Gasteiger partial charge is 0.150 e. The highest BCUT2D eigenvalue weighted by Crippen LogP contribution is 2.32. The highest BCUT2D eigenvalue weighted by molar-refractivity contribution is 5.99. The maximum Gasteiger partial charge on any atom is 0.150 e. The minimum Gasteiger partial charge on any atom is -0.497 e. The zero-order valence-electron chi connectivity index (χ0n) is 11.4. The van der Waals surface area contributed by atoms with Gasteiger partial charge in [0.25, 0.3) is 0 Å². The standard InChI is InChI=1S/C16H14FN3O/c1-21-11-5-2-4-10(8-11)20-16-13(17)9-14(18)12-6-3-7-19-15(12)16/h2-9,20H,18H2,1H3. The van der Waals surface area contributed by atoms with Crippen LogP contribution in [0.1, 0.15) is 0 Å². The van der Waals surface area contributed by atoms with Crippen molar-refractivity contribution in [1.29, 1.82) is 0 Å². The van der Waals surface area contributed by atoms with Crippen LogP contribution >= 0.6 is 0 Å². The van der Waals surface area contributed by atoms with Crippen LogP contribution in [0.3, 0.4) is 0 Å². The van der Waals surface area contributed by atoms with Gasteiger partial charge < -0.3 is 15.8 Å². The number of rotatable bonds is 3. The third-order valence-corrected chi connectivity index (χ3v) is 3.22. The van der Waals surface area contributed by atoms with E-state index < -0.39 is 5.82 Å². The molecule has 1 aromatic heterocycles. The molecule has 3 rings (SSSR count). The Balaban J connectivity index is 2.11. The van der Waals surface area contributed by atoms with E-state index in [1.54, 1.807) is 25.4 Å². The van der Waals surface area contributed by atoms with Gasteiger partial charge in [-0.25, -0.2) is 4.39 Å². The van der Waals surface area contributed by atoms with Gasteiger partial charge in [0.2, 0.25) is 0 Å². The Hall–Kier alpha value is -2.82. The van der Waals surface area contributed by atoms with E-state index in [4.69, 9.17) is 10.5 Å². The molecule has 0 aliphatic rings. The molecule has 0 aliphatic heterocycles. The lowest BCUT2D eigenvalue weighted by molar-refractivity contribution is 0.415. The molecule has 1 heterocycles. The molecule has 0 amide bonds. The van der Waals surface area contributed by atoms with Crippen LogP contribution in [-0.2, 0) is 0 Å². The predicted molar refractivity (Wildman–Crippen MR) is 82.4 cm³/mol. The van der Waals surface area contributed by atoms with Gasteiger partial charge in [-0.2, -0.15) is 0 Å². The first-order valence-electron chi connectivity index (χ1n) is 6.43. The molecular weight excluding hydrogens is 269 g/mol. The number of hydrogen-bond acceptors (Lipinski definition) is 4. The number of hydrogen-bond donors (Lipinski definition) is 2. The average Bonchev–Trinajstić information content (AvgIpc) is 2.51. The van der Waals surface area contributed by atoms with Crippen LogP contribution < -0.4 is 15.8 Å². The largest absolute Gasteiger partial charge is 0.497 e. The molecule has 3 aromatic rings. The Morgan fingerprint density at radius 2 is 2.05 bits per heavy atom. The van der Waals surface area contributed by atoms with Gasteiger partial charge in [0, 0.05) is 29.0 Å². The molecule has 0 atom stereocenters. The lowest BCUT2D eigenvalue weighted by atomic mass is 10.1. The molecule has 0 unspecified atom stereocenters. The summed E-state index contributed by atoms with van der Waals surface area (Å²) in [5, 5.41) is 3.76. The van der Waals surface area contributed by atoms with Gasteiger partial charge in [0.1, 0.15) is 11.4 Å². The van der Waals surface area contributed by atoms with Crippen molar-refractivity contribution in [3.63, 3.8) is 0 Å². The summed E-state index contributed by atoms with van der Waals surface area (Å²) in [5.41, 5.74) is 7.71. The second kappa shape index (κ2) is 5.28. The van der Waals surface area contributed by atoms with Crippen LogP contribution in [0.4, 0.5) is 21.5 Å². The summed E-state index contributed by atoms with van der Waals surface area (Å²) >= 11 is 0. The molecule has 0 fully saturated rings. The lowest BCUT2D eigenvalue weighted by Crippen LogP contribution is -1.99. The number of halogens is 1. The normalized spacial score (nSPS) is 10.6. The number of nitrogen functional groups attached to an aromatic ring is 1. The van der Waals surface area contributed by atoms with Gasteiger partial charge >= 0.3 is 0 Å². The van der Waals surface area contributed by atoms with Gasteiger partial charge in [-0.05, 0) is 30.3 Å². The van der Waals surface area contributed by atoms with E-state index in [1.807, 2.05) is 24.3 Å². The molecule has 3 N–H and O–H groups in total. The first-order chi connectivity index (χ1) is 10.2. The zero-order chi connectivity index (χ0) is 14.8. The second-order valence-corrected chi connectivity index (χ2v) is 4.58. The zero-order valence-corrected chi connectivity index (χ0v) is 11.4. The molecule has 5 heteroatoms. The van der Waals surface area contributed by atoms with Gasteiger partial charge in [-0.15, -0.1) is 0 Å². The van der Waals surface area contributed by atoms with E-state index in [0.29, 0.717) is 33.7 Å². The van der Waals surface area contributed by atoms with Crippen molar-refractivity contribution in [2.45, 2.75) is 0 Å². The van der Waals surface area contributed by atoms with Crippen LogP contribution in [0, 0.1) is 5.82 Å². The fourth-order valence-corrected chi connectivity index (χ4v) is 2.20. The topological polar surface area (TPSA) is 60.2 Å². The van der Waals surface area contributed by atoms with Gasteiger partial charge in [0.05, 0.1) is 12.6 Å². The predicted octanol–water partition coefficient (Wildman–Crippen LogP) is 3.71. The Kier molecular flexibility index (Phi) is 3.31. The molecule has 0 saturated heterocycles. The third-order valence-electron chi connectivity index (χ3n) is 3.22. The Morgan fingerprint density at radius 1 is 1.19 bits per heavy atom. The molecule has 0 spiro atoms. The van der Waals surface area contributed by atoms with Crippen molar-refractivity contribution in [3.8, 4) is 5.75 Å². The summed E-state index contributed by atoms with van der Waals surface area (Å²) in [5.74, 6) is 0.245. The van der Waals surface area contributed by atoms with Crippen molar-refractivity contribution in [2.24, 2.45) is 0 Å². The number of methoxy groups -OCH3 is 1. The quantitative estimate of drug-likeness (QED) is 0.719. The van der Waals surface area contributed by atoms with Crippen LogP contribution in [0.25, 0.3) is 10.9 Å². The average molecular weight is 283 g/mol. The molecule has 2 aromatic carbocycles. The van der Waals surface area contributed by atoms with Crippen LogP contribution in [0.15, 0.2) is 48.7 Å². The van der Waals surface area contributed by atoms with E-state index in [9.17, 15) is 4.39 Å². The summed E-state index contributed by atoms with van der Waals surface area (Å²) in [6, 6.07) is 12.1. The molecule has 0 saturated carbocycles. The minimum atomic E-state index is -0.443. The molecule has 0 bridgehead atoms. The maximum atomic E-state index is 14.2. The van der Waals surface area contributed by atoms with Gasteiger partial charge in [0.15, 0.2) is 5.82 Å². The Bertz CT molecular complexity index is 805. The number of aromatic nitrogens is 1. The van der Waals surface area contributed by atoms with Crippen LogP contribution in [0.2, 0.25) is 0 Å². The fourth-order valence-electron chi connectivity index (χ4n) is 2.20. The van der Waals surface area contributed by atoms with Crippen molar-refractivity contribution >= 4 is 28.0 Å². The molecule has 0 radical (unpaired) electrons. The van der Waals surface area contributed by atoms with Crippen molar-refractivity contribution in [2.75, 3.05) is 18.2 Å². The lowest BCUT2D eigenvalue weighted by Gasteiger charge is -2.12. The SMILES string of the molecule is COc1cccc(Nc2c(F)cc(N)c3cccnc23)c1. The van der Waals surface area contributed by atoms with E-state index in [-0.39, 0.29) is 0 Å². The second-order valence-electron chi connectivity index (χ2n) is 4.58. The molecule has 0 aliphatic carbocycles. The van der Waals surface area contributed by atoms with Crippen molar-refractivity contribution < 1.29 is 9.13 Å². The first-order valence-corrected chi connectivity index (χ1v) is 6.43. The van der Waals surface area contributed by atoms with Gasteiger partial charge in [-0.3, -0.25) is 4.98 Å². The summed E-state index contributed by atoms with van der Waals surface area (Å²) in [4.78, 5) is 4.23. The number of nitrogens with zero attached hydrogens (tertiary/aromatic N) is 1. The summed E-state index contributed by atoms with van der Waals surface area (Å²) in [7, 11) is 1.58. The Morgan fingerprint density at radius 3 is 2.86 bits per heavy atom. The number of nitrogens with one attached hydrogen (secondary N) is 1. The van der Waals surface area contributed by atoms with Crippen molar-refractivity contribution in [1.82, 2.24) is 4.98 Å². The number of nitrogens with two attached hydrogens (primary N) is 1. The number of fused-ring (bicyclic) bond motifs is 1.